The minimum absolute atomic E-state index is 0.0419. The van der Waals surface area contributed by atoms with Crippen LogP contribution in [0, 0.1) is 12.8 Å². The summed E-state index contributed by atoms with van der Waals surface area (Å²) in [4.78, 5) is 21.1. The number of piperidine rings is 1. The van der Waals surface area contributed by atoms with E-state index in [4.69, 9.17) is 4.98 Å². The summed E-state index contributed by atoms with van der Waals surface area (Å²) in [7, 11) is 0. The molecule has 0 amide bonds. The molecule has 22 heavy (non-hydrogen) atoms. The van der Waals surface area contributed by atoms with Crippen LogP contribution in [0.25, 0.3) is 20.7 Å². The van der Waals surface area contributed by atoms with Crippen LogP contribution in [0.5, 0.6) is 0 Å². The van der Waals surface area contributed by atoms with Gasteiger partial charge in [0.15, 0.2) is 0 Å². The Morgan fingerprint density at radius 3 is 3.00 bits per heavy atom. The molecule has 1 aliphatic carbocycles. The van der Waals surface area contributed by atoms with Crippen molar-refractivity contribution in [1.29, 1.82) is 0 Å². The summed E-state index contributed by atoms with van der Waals surface area (Å²) in [5.74, 6) is 1.55. The van der Waals surface area contributed by atoms with Gasteiger partial charge in [-0.3, -0.25) is 9.89 Å². The highest BCUT2D eigenvalue weighted by molar-refractivity contribution is 7.22. The minimum Gasteiger partial charge on any atom is -0.308 e. The Kier molecular flexibility index (Phi) is 2.43. The second-order valence-electron chi connectivity index (χ2n) is 6.24. The molecule has 2 aliphatic rings. The third-order valence-electron chi connectivity index (χ3n) is 4.70. The lowest BCUT2D eigenvalue weighted by Crippen LogP contribution is -2.23. The zero-order chi connectivity index (χ0) is 14.8. The van der Waals surface area contributed by atoms with Gasteiger partial charge in [0.1, 0.15) is 10.5 Å². The quantitative estimate of drug-likeness (QED) is 0.676. The number of nitrogens with one attached hydrogen (secondary N) is 3. The van der Waals surface area contributed by atoms with Gasteiger partial charge < -0.3 is 10.3 Å². The van der Waals surface area contributed by atoms with Gasteiger partial charge in [-0.25, -0.2) is 4.98 Å². The normalized spacial score (nSPS) is 26.5. The highest BCUT2D eigenvalue weighted by atomic mass is 32.1. The lowest BCUT2D eigenvalue weighted by atomic mass is 10.1. The standard InChI is InChI=1S/C15H15N5OS/c1-6-8(5-16-20-6)12-4-10-13(22-12)15(21)19-14(18-10)11-3-7-2-9(7)17-11/h4-5,7,9,11,17H,2-3H2,1H3,(H,16,20)(H,18,19,21)/t7-,9+,11+/m1/s1. The molecule has 2 fully saturated rings. The lowest BCUT2D eigenvalue weighted by molar-refractivity contribution is 0.539. The molecule has 4 heterocycles. The number of aryl methyl sites for hydroxylation is 1. The van der Waals surface area contributed by atoms with Gasteiger partial charge in [0.2, 0.25) is 0 Å². The third kappa shape index (κ3) is 1.79. The number of hydrogen-bond donors (Lipinski definition) is 3. The summed E-state index contributed by atoms with van der Waals surface area (Å²) in [6.45, 7) is 1.98. The molecule has 0 unspecified atom stereocenters. The fourth-order valence-corrected chi connectivity index (χ4v) is 4.45. The Bertz CT molecular complexity index is 929. The van der Waals surface area contributed by atoms with Gasteiger partial charge in [-0.05, 0) is 31.7 Å². The minimum atomic E-state index is -0.0419. The van der Waals surface area contributed by atoms with Crippen LogP contribution in [0.3, 0.4) is 0 Å². The first-order valence-corrected chi connectivity index (χ1v) is 8.31. The van der Waals surface area contributed by atoms with E-state index in [1.54, 1.807) is 6.20 Å². The number of rotatable bonds is 2. The molecular weight excluding hydrogens is 298 g/mol. The molecule has 112 valence electrons. The van der Waals surface area contributed by atoms with Crippen molar-refractivity contribution in [3.8, 4) is 10.4 Å². The predicted molar refractivity (Wildman–Crippen MR) is 84.9 cm³/mol. The van der Waals surface area contributed by atoms with Crippen LogP contribution >= 0.6 is 11.3 Å². The van der Waals surface area contributed by atoms with Crippen molar-refractivity contribution < 1.29 is 0 Å². The van der Waals surface area contributed by atoms with E-state index < -0.39 is 0 Å². The van der Waals surface area contributed by atoms with Crippen LogP contribution < -0.4 is 10.9 Å². The van der Waals surface area contributed by atoms with Crippen molar-refractivity contribution in [3.05, 3.63) is 34.1 Å². The maximum Gasteiger partial charge on any atom is 0.268 e. The van der Waals surface area contributed by atoms with Crippen molar-refractivity contribution in [2.75, 3.05) is 0 Å². The lowest BCUT2D eigenvalue weighted by Gasteiger charge is -2.11. The SMILES string of the molecule is Cc1[nH]ncc1-c1cc2nc([C@@H]3C[C@H]4C[C@@H]4N3)[nH]c(=O)c2s1. The first-order chi connectivity index (χ1) is 10.7. The summed E-state index contributed by atoms with van der Waals surface area (Å²) in [5, 5.41) is 10.5. The zero-order valence-electron chi connectivity index (χ0n) is 12.0. The molecule has 1 aliphatic heterocycles. The van der Waals surface area contributed by atoms with Crippen LogP contribution in [0.2, 0.25) is 0 Å². The van der Waals surface area contributed by atoms with Gasteiger partial charge in [-0.2, -0.15) is 5.10 Å². The largest absolute Gasteiger partial charge is 0.308 e. The number of aromatic amines is 2. The van der Waals surface area contributed by atoms with E-state index in [1.165, 1.54) is 17.8 Å². The number of H-pyrrole nitrogens is 2. The van der Waals surface area contributed by atoms with Crippen molar-refractivity contribution in [2.24, 2.45) is 5.92 Å². The topological polar surface area (TPSA) is 86.5 Å². The van der Waals surface area contributed by atoms with Crippen molar-refractivity contribution in [2.45, 2.75) is 31.8 Å². The fraction of sp³-hybridized carbons (Fsp3) is 0.400. The fourth-order valence-electron chi connectivity index (χ4n) is 3.39. The monoisotopic (exact) mass is 313 g/mol. The Morgan fingerprint density at radius 1 is 1.36 bits per heavy atom. The molecule has 6 nitrogen and oxygen atoms in total. The summed E-state index contributed by atoms with van der Waals surface area (Å²) in [6.07, 6.45) is 4.14. The van der Waals surface area contributed by atoms with Crippen molar-refractivity contribution >= 4 is 21.6 Å². The van der Waals surface area contributed by atoms with E-state index in [0.29, 0.717) is 10.7 Å². The summed E-state index contributed by atoms with van der Waals surface area (Å²) >= 11 is 1.47. The Labute approximate surface area is 130 Å². The van der Waals surface area contributed by atoms with Crippen LogP contribution in [0.4, 0.5) is 0 Å². The molecule has 0 spiro atoms. The second-order valence-corrected chi connectivity index (χ2v) is 7.29. The van der Waals surface area contributed by atoms with Crippen molar-refractivity contribution in [3.63, 3.8) is 0 Å². The van der Waals surface area contributed by atoms with E-state index in [0.717, 1.165) is 39.8 Å². The molecule has 3 aromatic heterocycles. The molecule has 3 atom stereocenters. The number of nitrogens with zero attached hydrogens (tertiary/aromatic N) is 2. The Hall–Kier alpha value is -1.99. The van der Waals surface area contributed by atoms with Crippen LogP contribution in [0.1, 0.15) is 30.4 Å². The van der Waals surface area contributed by atoms with Gasteiger partial charge in [-0.1, -0.05) is 0 Å². The third-order valence-corrected chi connectivity index (χ3v) is 5.86. The average Bonchev–Trinajstić information content (AvgIpc) is 2.89. The van der Waals surface area contributed by atoms with E-state index in [9.17, 15) is 4.79 Å². The summed E-state index contributed by atoms with van der Waals surface area (Å²) in [6, 6.07) is 2.82. The Morgan fingerprint density at radius 2 is 2.27 bits per heavy atom. The first kappa shape index (κ1) is 12.5. The average molecular weight is 313 g/mol. The highest BCUT2D eigenvalue weighted by Crippen LogP contribution is 2.45. The van der Waals surface area contributed by atoms with Crippen LogP contribution in [0.15, 0.2) is 17.1 Å². The molecule has 3 aromatic rings. The zero-order valence-corrected chi connectivity index (χ0v) is 12.8. The second kappa shape index (κ2) is 4.27. The number of hydrogen-bond acceptors (Lipinski definition) is 5. The predicted octanol–water partition coefficient (Wildman–Crippen LogP) is 2.11. The molecule has 1 saturated heterocycles. The molecule has 0 bridgehead atoms. The number of thiophene rings is 1. The molecule has 5 rings (SSSR count). The summed E-state index contributed by atoms with van der Waals surface area (Å²) < 4.78 is 0.683. The summed E-state index contributed by atoms with van der Waals surface area (Å²) in [5.41, 5.74) is 2.77. The van der Waals surface area contributed by atoms with Crippen LogP contribution in [-0.4, -0.2) is 26.2 Å². The molecular formula is C15H15N5OS. The first-order valence-electron chi connectivity index (χ1n) is 7.49. The number of fused-ring (bicyclic) bond motifs is 2. The van der Waals surface area contributed by atoms with Gasteiger partial charge in [0, 0.05) is 22.2 Å². The van der Waals surface area contributed by atoms with E-state index in [1.807, 2.05) is 13.0 Å². The van der Waals surface area contributed by atoms with E-state index in [-0.39, 0.29) is 11.6 Å². The molecule has 0 aromatic carbocycles. The smallest absolute Gasteiger partial charge is 0.268 e. The maximum atomic E-state index is 12.4. The Balaban J connectivity index is 1.61. The maximum absolute atomic E-state index is 12.4. The van der Waals surface area contributed by atoms with Crippen molar-refractivity contribution in [1.82, 2.24) is 25.5 Å². The van der Waals surface area contributed by atoms with Gasteiger partial charge >= 0.3 is 0 Å². The highest BCUT2D eigenvalue weighted by Gasteiger charge is 2.46. The van der Waals surface area contributed by atoms with Crippen LogP contribution in [-0.2, 0) is 0 Å². The van der Waals surface area contributed by atoms with Gasteiger partial charge in [0.25, 0.3) is 5.56 Å². The molecule has 3 N–H and O–H groups in total. The molecule has 1 saturated carbocycles. The molecule has 0 radical (unpaired) electrons. The van der Waals surface area contributed by atoms with E-state index in [2.05, 4.69) is 20.5 Å². The molecule has 7 heteroatoms. The number of aromatic nitrogens is 4. The van der Waals surface area contributed by atoms with E-state index >= 15 is 0 Å². The van der Waals surface area contributed by atoms with Gasteiger partial charge in [-0.15, -0.1) is 11.3 Å². The van der Waals surface area contributed by atoms with Gasteiger partial charge in [0.05, 0.1) is 17.8 Å².